The highest BCUT2D eigenvalue weighted by Gasteiger charge is 2.21. The van der Waals surface area contributed by atoms with E-state index in [0.717, 1.165) is 6.42 Å². The highest BCUT2D eigenvalue weighted by atomic mass is 32.2. The monoisotopic (exact) mass is 201 g/mol. The summed E-state index contributed by atoms with van der Waals surface area (Å²) in [6, 6.07) is 0. The SMILES string of the molecule is CCC(SC1CCCCC1)C(N)=O. The van der Waals surface area contributed by atoms with Gasteiger partial charge >= 0.3 is 0 Å². The molecule has 0 aromatic rings. The van der Waals surface area contributed by atoms with Crippen LogP contribution in [-0.2, 0) is 4.79 Å². The van der Waals surface area contributed by atoms with Gasteiger partial charge in [-0.05, 0) is 19.3 Å². The Balaban J connectivity index is 2.31. The number of thioether (sulfide) groups is 1. The van der Waals surface area contributed by atoms with Crippen LogP contribution in [-0.4, -0.2) is 16.4 Å². The normalized spacial score (nSPS) is 21.3. The smallest absolute Gasteiger partial charge is 0.230 e. The summed E-state index contributed by atoms with van der Waals surface area (Å²) in [5.41, 5.74) is 5.30. The minimum atomic E-state index is -0.141. The summed E-state index contributed by atoms with van der Waals surface area (Å²) in [5, 5.41) is 0.731. The van der Waals surface area contributed by atoms with Crippen molar-refractivity contribution in [1.29, 1.82) is 0 Å². The molecule has 2 N–H and O–H groups in total. The third-order valence-corrected chi connectivity index (χ3v) is 4.35. The molecule has 1 atom stereocenters. The van der Waals surface area contributed by atoms with Gasteiger partial charge in [0.2, 0.25) is 5.91 Å². The highest BCUT2D eigenvalue weighted by Crippen LogP contribution is 2.31. The lowest BCUT2D eigenvalue weighted by Gasteiger charge is -2.24. The van der Waals surface area contributed by atoms with Crippen molar-refractivity contribution in [3.63, 3.8) is 0 Å². The standard InChI is InChI=1S/C10H19NOS/c1-2-9(10(11)12)13-8-6-4-3-5-7-8/h8-9H,2-7H2,1H3,(H2,11,12). The Morgan fingerprint density at radius 2 is 2.08 bits per heavy atom. The predicted molar refractivity (Wildman–Crippen MR) is 57.7 cm³/mol. The Labute approximate surface area is 84.6 Å². The third kappa shape index (κ3) is 3.59. The van der Waals surface area contributed by atoms with Crippen LogP contribution in [0.1, 0.15) is 45.4 Å². The second-order valence-corrected chi connectivity index (χ2v) is 5.20. The quantitative estimate of drug-likeness (QED) is 0.758. The molecule has 0 aliphatic heterocycles. The molecular formula is C10H19NOS. The van der Waals surface area contributed by atoms with Crippen molar-refractivity contribution < 1.29 is 4.79 Å². The molecule has 1 aliphatic rings. The average Bonchev–Trinajstić information content (AvgIpc) is 2.15. The maximum atomic E-state index is 11.0. The number of amides is 1. The number of hydrogen-bond acceptors (Lipinski definition) is 2. The van der Waals surface area contributed by atoms with Crippen LogP contribution in [0.4, 0.5) is 0 Å². The zero-order chi connectivity index (χ0) is 9.68. The van der Waals surface area contributed by atoms with Crippen LogP contribution in [0.3, 0.4) is 0 Å². The van der Waals surface area contributed by atoms with E-state index in [1.807, 2.05) is 6.92 Å². The number of carbonyl (C=O) groups is 1. The van der Waals surface area contributed by atoms with E-state index in [1.165, 1.54) is 32.1 Å². The number of hydrogen-bond donors (Lipinski definition) is 1. The fraction of sp³-hybridized carbons (Fsp3) is 0.900. The summed E-state index contributed by atoms with van der Waals surface area (Å²) in [4.78, 5) is 11.0. The van der Waals surface area contributed by atoms with Crippen LogP contribution in [0.15, 0.2) is 0 Å². The topological polar surface area (TPSA) is 43.1 Å². The molecule has 0 spiro atoms. The summed E-state index contributed by atoms with van der Waals surface area (Å²) in [6.45, 7) is 2.03. The summed E-state index contributed by atoms with van der Waals surface area (Å²) < 4.78 is 0. The molecule has 0 bridgehead atoms. The number of primary amides is 1. The molecule has 76 valence electrons. The van der Waals surface area contributed by atoms with Gasteiger partial charge in [0.15, 0.2) is 0 Å². The van der Waals surface area contributed by atoms with Crippen molar-refractivity contribution in [2.75, 3.05) is 0 Å². The fourth-order valence-corrected chi connectivity index (χ4v) is 3.19. The van der Waals surface area contributed by atoms with Gasteiger partial charge in [-0.3, -0.25) is 4.79 Å². The van der Waals surface area contributed by atoms with Crippen LogP contribution < -0.4 is 5.73 Å². The van der Waals surface area contributed by atoms with Crippen LogP contribution in [0.25, 0.3) is 0 Å². The average molecular weight is 201 g/mol. The Kier molecular flexibility index (Phi) is 4.64. The lowest BCUT2D eigenvalue weighted by Crippen LogP contribution is -2.27. The van der Waals surface area contributed by atoms with Crippen molar-refractivity contribution in [2.45, 2.75) is 55.9 Å². The van der Waals surface area contributed by atoms with Crippen molar-refractivity contribution in [3.05, 3.63) is 0 Å². The highest BCUT2D eigenvalue weighted by molar-refractivity contribution is 8.01. The maximum absolute atomic E-state index is 11.0. The molecule has 3 heteroatoms. The van der Waals surface area contributed by atoms with E-state index in [-0.39, 0.29) is 11.2 Å². The molecular weight excluding hydrogens is 182 g/mol. The van der Waals surface area contributed by atoms with Crippen molar-refractivity contribution in [1.82, 2.24) is 0 Å². The second-order valence-electron chi connectivity index (χ2n) is 3.70. The van der Waals surface area contributed by atoms with E-state index in [9.17, 15) is 4.79 Å². The van der Waals surface area contributed by atoms with E-state index in [2.05, 4.69) is 0 Å². The molecule has 2 nitrogen and oxygen atoms in total. The molecule has 1 saturated carbocycles. The van der Waals surface area contributed by atoms with Crippen molar-refractivity contribution in [3.8, 4) is 0 Å². The van der Waals surface area contributed by atoms with Gasteiger partial charge in [-0.25, -0.2) is 0 Å². The van der Waals surface area contributed by atoms with E-state index in [1.54, 1.807) is 11.8 Å². The maximum Gasteiger partial charge on any atom is 0.230 e. The van der Waals surface area contributed by atoms with Gasteiger partial charge in [0.05, 0.1) is 5.25 Å². The Morgan fingerprint density at radius 1 is 1.46 bits per heavy atom. The zero-order valence-corrected chi connectivity index (χ0v) is 9.11. The van der Waals surface area contributed by atoms with Gasteiger partial charge < -0.3 is 5.73 Å². The van der Waals surface area contributed by atoms with E-state index >= 15 is 0 Å². The molecule has 0 aromatic heterocycles. The Hall–Kier alpha value is -0.180. The third-order valence-electron chi connectivity index (χ3n) is 2.60. The molecule has 1 fully saturated rings. The number of carbonyl (C=O) groups excluding carboxylic acids is 1. The lowest BCUT2D eigenvalue weighted by atomic mass is 10.0. The van der Waals surface area contributed by atoms with Crippen LogP contribution in [0, 0.1) is 0 Å². The molecule has 1 amide bonds. The van der Waals surface area contributed by atoms with Gasteiger partial charge in [-0.15, -0.1) is 11.8 Å². The van der Waals surface area contributed by atoms with Gasteiger partial charge in [0, 0.05) is 5.25 Å². The number of nitrogens with two attached hydrogens (primary N) is 1. The zero-order valence-electron chi connectivity index (χ0n) is 8.29. The van der Waals surface area contributed by atoms with E-state index < -0.39 is 0 Å². The predicted octanol–water partition coefficient (Wildman–Crippen LogP) is 2.32. The Bertz CT molecular complexity index is 166. The van der Waals surface area contributed by atoms with Crippen molar-refractivity contribution in [2.24, 2.45) is 5.73 Å². The summed E-state index contributed by atoms with van der Waals surface area (Å²) in [6.07, 6.45) is 7.43. The minimum Gasteiger partial charge on any atom is -0.369 e. The molecule has 0 radical (unpaired) electrons. The van der Waals surface area contributed by atoms with Crippen LogP contribution in [0.2, 0.25) is 0 Å². The minimum absolute atomic E-state index is 0.0445. The Morgan fingerprint density at radius 3 is 2.54 bits per heavy atom. The first-order chi connectivity index (χ1) is 6.24. The van der Waals surface area contributed by atoms with Gasteiger partial charge in [0.1, 0.15) is 0 Å². The molecule has 1 aliphatic carbocycles. The second kappa shape index (κ2) is 5.53. The molecule has 0 saturated heterocycles. The molecule has 13 heavy (non-hydrogen) atoms. The lowest BCUT2D eigenvalue weighted by molar-refractivity contribution is -0.117. The first-order valence-electron chi connectivity index (χ1n) is 5.18. The molecule has 0 aromatic carbocycles. The van der Waals surface area contributed by atoms with Crippen LogP contribution >= 0.6 is 11.8 Å². The number of rotatable bonds is 4. The van der Waals surface area contributed by atoms with Gasteiger partial charge in [-0.1, -0.05) is 26.2 Å². The summed E-state index contributed by atoms with van der Waals surface area (Å²) in [7, 11) is 0. The van der Waals surface area contributed by atoms with Crippen molar-refractivity contribution >= 4 is 17.7 Å². The van der Waals surface area contributed by atoms with E-state index in [4.69, 9.17) is 5.73 Å². The molecule has 1 unspecified atom stereocenters. The summed E-state index contributed by atoms with van der Waals surface area (Å²) >= 11 is 1.80. The largest absolute Gasteiger partial charge is 0.369 e. The molecule has 0 heterocycles. The fourth-order valence-electron chi connectivity index (χ4n) is 1.80. The first-order valence-corrected chi connectivity index (χ1v) is 6.13. The first kappa shape index (κ1) is 10.9. The van der Waals surface area contributed by atoms with Gasteiger partial charge in [0.25, 0.3) is 0 Å². The molecule has 1 rings (SSSR count). The summed E-state index contributed by atoms with van der Waals surface area (Å²) in [5.74, 6) is -0.141. The van der Waals surface area contributed by atoms with E-state index in [0.29, 0.717) is 5.25 Å². The van der Waals surface area contributed by atoms with Gasteiger partial charge in [-0.2, -0.15) is 0 Å². The van der Waals surface area contributed by atoms with Crippen LogP contribution in [0.5, 0.6) is 0 Å².